The molecule has 6 heteroatoms. The molecule has 3 rings (SSSR count). The molecular weight excluding hydrogens is 302 g/mol. The summed E-state index contributed by atoms with van der Waals surface area (Å²) in [5.74, 6) is 1.51. The van der Waals surface area contributed by atoms with E-state index in [1.807, 2.05) is 13.2 Å². The minimum Gasteiger partial charge on any atom is -0.372 e. The van der Waals surface area contributed by atoms with Crippen LogP contribution >= 0.6 is 0 Å². The Labute approximate surface area is 144 Å². The number of nitrogens with one attached hydrogen (secondary N) is 1. The lowest BCUT2D eigenvalue weighted by atomic mass is 9.86. The Balaban J connectivity index is 1.63. The smallest absolute Gasteiger partial charge is 0.242 e. The second-order valence-electron chi connectivity index (χ2n) is 7.30. The fraction of sp³-hybridized carbons (Fsp3) is 0.722. The van der Waals surface area contributed by atoms with Crippen molar-refractivity contribution in [2.75, 3.05) is 39.0 Å². The van der Waals surface area contributed by atoms with Crippen LogP contribution in [0.5, 0.6) is 0 Å². The average molecular weight is 331 g/mol. The number of likely N-dealkylation sites (N-methyl/N-ethyl adjacent to an activating group) is 1. The summed E-state index contributed by atoms with van der Waals surface area (Å²) in [7, 11) is 3.94. The van der Waals surface area contributed by atoms with Crippen LogP contribution in [0.2, 0.25) is 0 Å². The van der Waals surface area contributed by atoms with Crippen LogP contribution in [0.1, 0.15) is 50.6 Å². The molecule has 1 N–H and O–H groups in total. The zero-order valence-corrected chi connectivity index (χ0v) is 15.1. The highest BCUT2D eigenvalue weighted by molar-refractivity contribution is 5.86. The van der Waals surface area contributed by atoms with Crippen LogP contribution < -0.4 is 5.32 Å². The molecule has 1 atom stereocenters. The van der Waals surface area contributed by atoms with E-state index >= 15 is 0 Å². The zero-order valence-electron chi connectivity index (χ0n) is 15.1. The predicted octanol–water partition coefficient (Wildman–Crippen LogP) is 2.10. The van der Waals surface area contributed by atoms with Crippen molar-refractivity contribution in [1.82, 2.24) is 19.8 Å². The van der Waals surface area contributed by atoms with E-state index in [1.165, 1.54) is 6.42 Å². The van der Waals surface area contributed by atoms with Gasteiger partial charge in [-0.05, 0) is 52.6 Å². The van der Waals surface area contributed by atoms with E-state index < -0.39 is 0 Å². The number of hydrogen-bond acceptors (Lipinski definition) is 5. The molecule has 0 bridgehead atoms. The van der Waals surface area contributed by atoms with Gasteiger partial charge in [-0.1, -0.05) is 0 Å². The maximum absolute atomic E-state index is 13.1. The van der Waals surface area contributed by atoms with E-state index in [4.69, 9.17) is 0 Å². The molecule has 0 saturated carbocycles. The largest absolute Gasteiger partial charge is 0.372 e. The third-order valence-electron chi connectivity index (χ3n) is 5.82. The Kier molecular flexibility index (Phi) is 5.04. The number of carbonyl (C=O) groups excluding carboxylic acids is 1. The van der Waals surface area contributed by atoms with Gasteiger partial charge in [0, 0.05) is 32.3 Å². The lowest BCUT2D eigenvalue weighted by molar-refractivity contribution is -0.146. The number of likely N-dealkylation sites (tertiary alicyclic amines) is 2. The van der Waals surface area contributed by atoms with Crippen LogP contribution in [0.15, 0.2) is 12.4 Å². The number of aromatic nitrogens is 2. The van der Waals surface area contributed by atoms with Crippen molar-refractivity contribution in [3.8, 4) is 0 Å². The van der Waals surface area contributed by atoms with E-state index in [0.717, 1.165) is 56.8 Å². The highest BCUT2D eigenvalue weighted by atomic mass is 16.2. The summed E-state index contributed by atoms with van der Waals surface area (Å²) in [4.78, 5) is 26.3. The van der Waals surface area contributed by atoms with E-state index in [2.05, 4.69) is 39.1 Å². The summed E-state index contributed by atoms with van der Waals surface area (Å²) < 4.78 is 0. The molecule has 2 aliphatic heterocycles. The summed E-state index contributed by atoms with van der Waals surface area (Å²) in [6.07, 6.45) is 8.84. The van der Waals surface area contributed by atoms with Crippen LogP contribution in [-0.2, 0) is 4.79 Å². The number of rotatable bonds is 3. The third-order valence-corrected chi connectivity index (χ3v) is 5.82. The summed E-state index contributed by atoms with van der Waals surface area (Å²) in [5.41, 5.74) is 0.715. The van der Waals surface area contributed by atoms with Gasteiger partial charge in [0.05, 0.1) is 17.4 Å². The van der Waals surface area contributed by atoms with E-state index in [0.29, 0.717) is 11.8 Å². The lowest BCUT2D eigenvalue weighted by Gasteiger charge is -2.45. The fourth-order valence-electron chi connectivity index (χ4n) is 3.94. The van der Waals surface area contributed by atoms with Crippen molar-refractivity contribution < 1.29 is 4.79 Å². The highest BCUT2D eigenvalue weighted by Crippen LogP contribution is 2.32. The molecule has 0 aliphatic carbocycles. The van der Waals surface area contributed by atoms with Gasteiger partial charge in [-0.2, -0.15) is 0 Å². The first-order valence-corrected chi connectivity index (χ1v) is 9.05. The molecule has 1 aromatic heterocycles. The maximum Gasteiger partial charge on any atom is 0.242 e. The first-order chi connectivity index (χ1) is 11.5. The molecule has 0 aromatic carbocycles. The molecular formula is C18H29N5O. The number of nitrogens with zero attached hydrogens (tertiary/aromatic N) is 4. The first-order valence-electron chi connectivity index (χ1n) is 9.05. The molecule has 2 saturated heterocycles. The van der Waals surface area contributed by atoms with Crippen molar-refractivity contribution in [3.63, 3.8) is 0 Å². The fourth-order valence-corrected chi connectivity index (χ4v) is 3.94. The van der Waals surface area contributed by atoms with Gasteiger partial charge in [0.2, 0.25) is 5.91 Å². The Hall–Kier alpha value is -1.69. The Morgan fingerprint density at radius 1 is 1.25 bits per heavy atom. The van der Waals surface area contributed by atoms with Crippen molar-refractivity contribution >= 4 is 11.7 Å². The number of anilines is 1. The number of carbonyl (C=O) groups is 1. The van der Waals surface area contributed by atoms with Gasteiger partial charge in [0.1, 0.15) is 5.82 Å². The molecule has 2 fully saturated rings. The Morgan fingerprint density at radius 3 is 2.67 bits per heavy atom. The predicted molar refractivity (Wildman–Crippen MR) is 95.0 cm³/mol. The summed E-state index contributed by atoms with van der Waals surface area (Å²) >= 11 is 0. The van der Waals surface area contributed by atoms with Crippen LogP contribution in [0.4, 0.5) is 5.82 Å². The maximum atomic E-state index is 13.1. The molecule has 0 spiro atoms. The third kappa shape index (κ3) is 3.24. The Morgan fingerprint density at radius 2 is 2.00 bits per heavy atom. The summed E-state index contributed by atoms with van der Waals surface area (Å²) in [6, 6.07) is 0. The topological polar surface area (TPSA) is 61.4 Å². The quantitative estimate of drug-likeness (QED) is 0.919. The molecule has 0 radical (unpaired) electrons. The van der Waals surface area contributed by atoms with Crippen LogP contribution in [0, 0.1) is 0 Å². The van der Waals surface area contributed by atoms with Gasteiger partial charge in [0.15, 0.2) is 0 Å². The second-order valence-corrected chi connectivity index (χ2v) is 7.30. The minimum absolute atomic E-state index is 0.304. The number of hydrogen-bond donors (Lipinski definition) is 1. The number of piperidine rings is 2. The van der Waals surface area contributed by atoms with Crippen LogP contribution in [-0.4, -0.2) is 64.9 Å². The lowest BCUT2D eigenvalue weighted by Crippen LogP contribution is -2.59. The minimum atomic E-state index is -0.322. The molecule has 3 heterocycles. The van der Waals surface area contributed by atoms with Gasteiger partial charge in [0.25, 0.3) is 0 Å². The van der Waals surface area contributed by atoms with Gasteiger partial charge in [-0.3, -0.25) is 14.7 Å². The van der Waals surface area contributed by atoms with E-state index in [9.17, 15) is 4.79 Å². The molecule has 1 aromatic rings. The van der Waals surface area contributed by atoms with Crippen LogP contribution in [0.3, 0.4) is 0 Å². The standard InChI is InChI=1S/C18H29N5O/c1-18(8-4-5-9-22(18)3)17(24)23-10-6-14(7-11-23)15-12-20-13-16(19-2)21-15/h12-14H,4-11H2,1-3H3,(H,19,21). The molecule has 132 valence electrons. The first kappa shape index (κ1) is 17.1. The molecule has 6 nitrogen and oxygen atoms in total. The normalized spacial score (nSPS) is 26.4. The van der Waals surface area contributed by atoms with Crippen molar-refractivity contribution in [3.05, 3.63) is 18.1 Å². The van der Waals surface area contributed by atoms with E-state index in [-0.39, 0.29) is 5.54 Å². The SMILES string of the molecule is CNc1cncc(C2CCN(C(=O)C3(C)CCCCN3C)CC2)n1. The van der Waals surface area contributed by atoms with Crippen molar-refractivity contribution in [2.24, 2.45) is 0 Å². The van der Waals surface area contributed by atoms with Gasteiger partial charge in [-0.15, -0.1) is 0 Å². The van der Waals surface area contributed by atoms with Gasteiger partial charge < -0.3 is 10.2 Å². The highest BCUT2D eigenvalue weighted by Gasteiger charge is 2.42. The van der Waals surface area contributed by atoms with Crippen LogP contribution in [0.25, 0.3) is 0 Å². The molecule has 2 aliphatic rings. The zero-order chi connectivity index (χ0) is 17.2. The summed E-state index contributed by atoms with van der Waals surface area (Å²) in [5, 5.41) is 3.04. The average Bonchev–Trinajstić information content (AvgIpc) is 2.64. The van der Waals surface area contributed by atoms with Gasteiger partial charge in [-0.25, -0.2) is 4.98 Å². The molecule has 1 unspecified atom stereocenters. The monoisotopic (exact) mass is 331 g/mol. The van der Waals surface area contributed by atoms with Gasteiger partial charge >= 0.3 is 0 Å². The molecule has 1 amide bonds. The van der Waals surface area contributed by atoms with E-state index in [1.54, 1.807) is 6.20 Å². The number of amides is 1. The second kappa shape index (κ2) is 7.05. The van der Waals surface area contributed by atoms with Crippen molar-refractivity contribution in [1.29, 1.82) is 0 Å². The Bertz CT molecular complexity index is 585. The summed E-state index contributed by atoms with van der Waals surface area (Å²) in [6.45, 7) is 4.77. The van der Waals surface area contributed by atoms with Crippen molar-refractivity contribution in [2.45, 2.75) is 50.5 Å². The molecule has 24 heavy (non-hydrogen) atoms.